The normalized spacial score (nSPS) is 12.4. The SMILES string of the molecule is COc1ccc([C@@H](C)NC(=O)COc2ccc(C(C)(C)C)cc2)cc1F. The van der Waals surface area contributed by atoms with E-state index in [9.17, 15) is 9.18 Å². The van der Waals surface area contributed by atoms with Gasteiger partial charge in [-0.25, -0.2) is 4.39 Å². The third-order valence-corrected chi connectivity index (χ3v) is 4.14. The van der Waals surface area contributed by atoms with Crippen LogP contribution in [0, 0.1) is 5.82 Å². The number of nitrogens with one attached hydrogen (secondary N) is 1. The fourth-order valence-electron chi connectivity index (χ4n) is 2.52. The lowest BCUT2D eigenvalue weighted by atomic mass is 9.87. The summed E-state index contributed by atoms with van der Waals surface area (Å²) in [6.45, 7) is 8.11. The molecule has 0 heterocycles. The molecular formula is C21H26FNO3. The quantitative estimate of drug-likeness (QED) is 0.832. The van der Waals surface area contributed by atoms with Crippen molar-refractivity contribution in [3.63, 3.8) is 0 Å². The Bertz CT molecular complexity index is 751. The van der Waals surface area contributed by atoms with Crippen LogP contribution in [0.1, 0.15) is 44.9 Å². The Morgan fingerprint density at radius 3 is 2.35 bits per heavy atom. The average molecular weight is 359 g/mol. The molecule has 0 radical (unpaired) electrons. The van der Waals surface area contributed by atoms with Gasteiger partial charge in [-0.05, 0) is 47.7 Å². The summed E-state index contributed by atoms with van der Waals surface area (Å²) < 4.78 is 24.2. The molecule has 2 aromatic rings. The molecule has 0 aliphatic rings. The lowest BCUT2D eigenvalue weighted by Gasteiger charge is -2.19. The zero-order valence-electron chi connectivity index (χ0n) is 15.9. The Morgan fingerprint density at radius 2 is 1.81 bits per heavy atom. The number of benzene rings is 2. The van der Waals surface area contributed by atoms with E-state index in [0.29, 0.717) is 11.3 Å². The van der Waals surface area contributed by atoms with E-state index in [1.807, 2.05) is 24.3 Å². The Hall–Kier alpha value is -2.56. The summed E-state index contributed by atoms with van der Waals surface area (Å²) >= 11 is 0. The number of hydrogen-bond donors (Lipinski definition) is 1. The highest BCUT2D eigenvalue weighted by atomic mass is 19.1. The lowest BCUT2D eigenvalue weighted by molar-refractivity contribution is -0.123. The number of methoxy groups -OCH3 is 1. The van der Waals surface area contributed by atoms with Crippen molar-refractivity contribution in [2.75, 3.05) is 13.7 Å². The molecule has 140 valence electrons. The fourth-order valence-corrected chi connectivity index (χ4v) is 2.52. The number of carbonyl (C=O) groups is 1. The van der Waals surface area contributed by atoms with Crippen molar-refractivity contribution < 1.29 is 18.7 Å². The second kappa shape index (κ2) is 8.21. The predicted molar refractivity (Wildman–Crippen MR) is 100 cm³/mol. The standard InChI is InChI=1S/C21H26FNO3/c1-14(15-6-11-19(25-5)18(22)12-15)23-20(24)13-26-17-9-7-16(8-10-17)21(2,3)4/h6-12,14H,13H2,1-5H3,(H,23,24)/t14-/m1/s1. The molecule has 1 N–H and O–H groups in total. The summed E-state index contributed by atoms with van der Waals surface area (Å²) in [7, 11) is 1.41. The van der Waals surface area contributed by atoms with Crippen LogP contribution in [0.5, 0.6) is 11.5 Å². The molecule has 0 aromatic heterocycles. The highest BCUT2D eigenvalue weighted by Gasteiger charge is 2.14. The van der Waals surface area contributed by atoms with Crippen LogP contribution in [-0.2, 0) is 10.2 Å². The van der Waals surface area contributed by atoms with Gasteiger partial charge in [0.25, 0.3) is 5.91 Å². The lowest BCUT2D eigenvalue weighted by Crippen LogP contribution is -2.31. The third-order valence-electron chi connectivity index (χ3n) is 4.14. The summed E-state index contributed by atoms with van der Waals surface area (Å²) in [6.07, 6.45) is 0. The molecule has 4 nitrogen and oxygen atoms in total. The molecule has 0 spiro atoms. The molecule has 0 saturated carbocycles. The van der Waals surface area contributed by atoms with Gasteiger partial charge in [0.05, 0.1) is 13.2 Å². The number of hydrogen-bond acceptors (Lipinski definition) is 3. The van der Waals surface area contributed by atoms with Crippen molar-refractivity contribution in [2.24, 2.45) is 0 Å². The van der Waals surface area contributed by atoms with Crippen LogP contribution in [0.25, 0.3) is 0 Å². The number of carbonyl (C=O) groups excluding carboxylic acids is 1. The Kier molecular flexibility index (Phi) is 6.24. The van der Waals surface area contributed by atoms with Crippen LogP contribution < -0.4 is 14.8 Å². The summed E-state index contributed by atoms with van der Waals surface area (Å²) in [5.74, 6) is 0.0838. The Morgan fingerprint density at radius 1 is 1.15 bits per heavy atom. The van der Waals surface area contributed by atoms with Crippen LogP contribution in [-0.4, -0.2) is 19.6 Å². The minimum atomic E-state index is -0.457. The summed E-state index contributed by atoms with van der Waals surface area (Å²) in [5, 5.41) is 2.80. The van der Waals surface area contributed by atoms with E-state index in [-0.39, 0.29) is 29.7 Å². The average Bonchev–Trinajstić information content (AvgIpc) is 2.59. The maximum Gasteiger partial charge on any atom is 0.258 e. The molecule has 0 aliphatic carbocycles. The molecule has 0 bridgehead atoms. The Balaban J connectivity index is 1.89. The van der Waals surface area contributed by atoms with Crippen LogP contribution >= 0.6 is 0 Å². The first-order valence-electron chi connectivity index (χ1n) is 8.57. The van der Waals surface area contributed by atoms with Gasteiger partial charge in [-0.15, -0.1) is 0 Å². The second-order valence-electron chi connectivity index (χ2n) is 7.25. The van der Waals surface area contributed by atoms with Gasteiger partial charge in [-0.1, -0.05) is 39.0 Å². The zero-order chi connectivity index (χ0) is 19.3. The molecule has 0 unspecified atom stereocenters. The molecule has 0 aliphatic heterocycles. The van der Waals surface area contributed by atoms with Gasteiger partial charge in [0.2, 0.25) is 0 Å². The third kappa shape index (κ3) is 5.22. The van der Waals surface area contributed by atoms with Gasteiger partial charge in [-0.3, -0.25) is 4.79 Å². The van der Waals surface area contributed by atoms with Crippen LogP contribution in [0.2, 0.25) is 0 Å². The van der Waals surface area contributed by atoms with Crippen LogP contribution in [0.3, 0.4) is 0 Å². The number of halogens is 1. The van der Waals surface area contributed by atoms with E-state index < -0.39 is 5.82 Å². The first-order chi connectivity index (χ1) is 12.2. The highest BCUT2D eigenvalue weighted by Crippen LogP contribution is 2.24. The number of ether oxygens (including phenoxy) is 2. The Labute approximate surface area is 154 Å². The van der Waals surface area contributed by atoms with E-state index in [4.69, 9.17) is 9.47 Å². The number of rotatable bonds is 6. The topological polar surface area (TPSA) is 47.6 Å². The zero-order valence-corrected chi connectivity index (χ0v) is 15.9. The number of amides is 1. The van der Waals surface area contributed by atoms with Crippen molar-refractivity contribution in [2.45, 2.75) is 39.2 Å². The van der Waals surface area contributed by atoms with Crippen molar-refractivity contribution in [3.8, 4) is 11.5 Å². The summed E-state index contributed by atoms with van der Waals surface area (Å²) in [4.78, 5) is 12.1. The van der Waals surface area contributed by atoms with Crippen molar-refractivity contribution in [1.82, 2.24) is 5.32 Å². The van der Waals surface area contributed by atoms with Gasteiger partial charge >= 0.3 is 0 Å². The minimum absolute atomic E-state index is 0.0684. The highest BCUT2D eigenvalue weighted by molar-refractivity contribution is 5.78. The van der Waals surface area contributed by atoms with Gasteiger partial charge in [0.15, 0.2) is 18.2 Å². The molecule has 1 atom stereocenters. The molecule has 0 fully saturated rings. The maximum atomic E-state index is 13.8. The molecule has 2 aromatic carbocycles. The molecular weight excluding hydrogens is 333 g/mol. The smallest absolute Gasteiger partial charge is 0.258 e. The van der Waals surface area contributed by atoms with E-state index in [0.717, 1.165) is 0 Å². The van der Waals surface area contributed by atoms with E-state index in [1.165, 1.54) is 18.7 Å². The van der Waals surface area contributed by atoms with Crippen molar-refractivity contribution in [1.29, 1.82) is 0 Å². The predicted octanol–water partition coefficient (Wildman–Crippen LogP) is 4.39. The molecule has 1 amide bonds. The molecule has 26 heavy (non-hydrogen) atoms. The van der Waals surface area contributed by atoms with Gasteiger partial charge in [-0.2, -0.15) is 0 Å². The van der Waals surface area contributed by atoms with E-state index in [1.54, 1.807) is 19.1 Å². The minimum Gasteiger partial charge on any atom is -0.494 e. The summed E-state index contributed by atoms with van der Waals surface area (Å²) in [5.41, 5.74) is 1.93. The van der Waals surface area contributed by atoms with E-state index >= 15 is 0 Å². The second-order valence-corrected chi connectivity index (χ2v) is 7.25. The largest absolute Gasteiger partial charge is 0.494 e. The maximum absolute atomic E-state index is 13.8. The van der Waals surface area contributed by atoms with Gasteiger partial charge < -0.3 is 14.8 Å². The van der Waals surface area contributed by atoms with Crippen LogP contribution in [0.4, 0.5) is 4.39 Å². The molecule has 2 rings (SSSR count). The van der Waals surface area contributed by atoms with E-state index in [2.05, 4.69) is 26.1 Å². The summed E-state index contributed by atoms with van der Waals surface area (Å²) in [6, 6.07) is 12.0. The monoisotopic (exact) mass is 359 g/mol. The van der Waals surface area contributed by atoms with Gasteiger partial charge in [0, 0.05) is 0 Å². The first-order valence-corrected chi connectivity index (χ1v) is 8.57. The molecule has 0 saturated heterocycles. The van der Waals surface area contributed by atoms with Crippen molar-refractivity contribution in [3.05, 3.63) is 59.4 Å². The fraction of sp³-hybridized carbons (Fsp3) is 0.381. The first kappa shape index (κ1) is 19.8. The van der Waals surface area contributed by atoms with Crippen LogP contribution in [0.15, 0.2) is 42.5 Å². The van der Waals surface area contributed by atoms with Crippen molar-refractivity contribution >= 4 is 5.91 Å². The molecule has 5 heteroatoms. The van der Waals surface area contributed by atoms with Gasteiger partial charge in [0.1, 0.15) is 5.75 Å².